The lowest BCUT2D eigenvalue weighted by Gasteiger charge is -2.31. The van der Waals surface area contributed by atoms with Crippen molar-refractivity contribution in [1.29, 1.82) is 0 Å². The van der Waals surface area contributed by atoms with Crippen LogP contribution in [-0.4, -0.2) is 22.3 Å². The molecule has 0 saturated carbocycles. The van der Waals surface area contributed by atoms with Crippen LogP contribution in [0.3, 0.4) is 0 Å². The molecule has 2 aromatic rings. The fourth-order valence-electron chi connectivity index (χ4n) is 2.17. The molecule has 2 N–H and O–H groups in total. The first-order valence-electron chi connectivity index (χ1n) is 7.93. The van der Waals surface area contributed by atoms with Gasteiger partial charge in [0.1, 0.15) is 11.4 Å². The fourth-order valence-corrected chi connectivity index (χ4v) is 2.17. The lowest BCUT2D eigenvalue weighted by Crippen LogP contribution is -2.42. The summed E-state index contributed by atoms with van der Waals surface area (Å²) in [5.41, 5.74) is 4.50. The van der Waals surface area contributed by atoms with Gasteiger partial charge in [-0.15, -0.1) is 5.06 Å². The second kappa shape index (κ2) is 6.48. The number of pyridine rings is 1. The Kier molecular flexibility index (Phi) is 4.90. The second-order valence-corrected chi connectivity index (χ2v) is 7.71. The van der Waals surface area contributed by atoms with Gasteiger partial charge in [0.25, 0.3) is 0 Å². The molecule has 2 rings (SSSR count). The summed E-state index contributed by atoms with van der Waals surface area (Å²) in [5.74, 6) is -0.580. The molecule has 1 amide bonds. The Morgan fingerprint density at radius 1 is 1.16 bits per heavy atom. The predicted octanol–water partition coefficient (Wildman–Crippen LogP) is 4.43. The van der Waals surface area contributed by atoms with Gasteiger partial charge in [-0.25, -0.2) is 14.2 Å². The highest BCUT2D eigenvalue weighted by atomic mass is 19.1. The van der Waals surface area contributed by atoms with Crippen LogP contribution in [0.2, 0.25) is 0 Å². The maximum Gasteiger partial charge on any atom is 0.440 e. The number of nitrogen functional groups attached to an aromatic ring is 1. The van der Waals surface area contributed by atoms with Gasteiger partial charge >= 0.3 is 6.09 Å². The molecule has 0 fully saturated rings. The Labute approximate surface area is 146 Å². The predicted molar refractivity (Wildman–Crippen MR) is 95.7 cm³/mol. The van der Waals surface area contributed by atoms with Gasteiger partial charge in [0.05, 0.1) is 11.0 Å². The molecule has 0 bridgehead atoms. The van der Waals surface area contributed by atoms with Crippen molar-refractivity contribution in [3.63, 3.8) is 0 Å². The van der Waals surface area contributed by atoms with Gasteiger partial charge in [-0.1, -0.05) is 0 Å². The van der Waals surface area contributed by atoms with E-state index in [2.05, 4.69) is 4.98 Å². The number of nitrogens with two attached hydrogens (primary N) is 1. The number of hydroxylamine groups is 1. The Morgan fingerprint density at radius 3 is 2.36 bits per heavy atom. The lowest BCUT2D eigenvalue weighted by atomic mass is 10.1. The molecule has 1 aromatic carbocycles. The maximum absolute atomic E-state index is 14.5. The molecule has 0 radical (unpaired) electrons. The third kappa shape index (κ3) is 4.79. The first kappa shape index (κ1) is 18.9. The van der Waals surface area contributed by atoms with Crippen molar-refractivity contribution >= 4 is 28.4 Å². The smallest absolute Gasteiger partial charge is 0.440 e. The topological polar surface area (TPSA) is 77.7 Å². The van der Waals surface area contributed by atoms with Gasteiger partial charge in [0, 0.05) is 11.9 Å². The summed E-state index contributed by atoms with van der Waals surface area (Å²) in [6.07, 6.45) is 0.679. The molecule has 7 heteroatoms. The Bertz CT molecular complexity index is 794. The summed E-state index contributed by atoms with van der Waals surface area (Å²) in [6, 6.07) is 4.40. The van der Waals surface area contributed by atoms with Crippen LogP contribution in [0.15, 0.2) is 24.4 Å². The van der Waals surface area contributed by atoms with E-state index in [9.17, 15) is 9.18 Å². The number of carbonyl (C=O) groups is 1. The van der Waals surface area contributed by atoms with Crippen LogP contribution in [0.5, 0.6) is 0 Å². The van der Waals surface area contributed by atoms with E-state index < -0.39 is 23.1 Å². The number of hydrogen-bond acceptors (Lipinski definition) is 5. The highest BCUT2D eigenvalue weighted by molar-refractivity contribution is 5.99. The first-order chi connectivity index (χ1) is 11.4. The third-order valence-corrected chi connectivity index (χ3v) is 2.93. The van der Waals surface area contributed by atoms with E-state index in [1.54, 1.807) is 53.7 Å². The summed E-state index contributed by atoms with van der Waals surface area (Å²) < 4.78 is 19.9. The standard InChI is InChI=1S/C18H24FN3O3/c1-17(2,3)24-16(23)22(25-18(4,5)6)15-14-11(7-8-21-15)9-12(20)10-13(14)19/h7-10H,20H2,1-6H3. The average molecular weight is 349 g/mol. The molecule has 136 valence electrons. The van der Waals surface area contributed by atoms with E-state index >= 15 is 0 Å². The third-order valence-electron chi connectivity index (χ3n) is 2.93. The molecule has 0 unspecified atom stereocenters. The molecule has 1 heterocycles. The van der Waals surface area contributed by atoms with Crippen LogP contribution in [0.4, 0.5) is 20.7 Å². The Hall–Kier alpha value is -2.41. The zero-order valence-corrected chi connectivity index (χ0v) is 15.4. The van der Waals surface area contributed by atoms with Crippen LogP contribution < -0.4 is 10.8 Å². The van der Waals surface area contributed by atoms with Crippen LogP contribution >= 0.6 is 0 Å². The number of hydrogen-bond donors (Lipinski definition) is 1. The number of anilines is 2. The number of carbonyl (C=O) groups excluding carboxylic acids is 1. The Balaban J connectivity index is 2.61. The van der Waals surface area contributed by atoms with Crippen LogP contribution in [-0.2, 0) is 9.57 Å². The van der Waals surface area contributed by atoms with Crippen molar-refractivity contribution in [2.75, 3.05) is 10.8 Å². The largest absolute Gasteiger partial charge is 0.442 e. The quantitative estimate of drug-likeness (QED) is 0.641. The SMILES string of the molecule is CC(C)(C)OC(=O)N(OC(C)(C)C)c1nccc2cc(N)cc(F)c12. The van der Waals surface area contributed by atoms with Crippen molar-refractivity contribution in [1.82, 2.24) is 4.98 Å². The number of amides is 1. The normalized spacial score (nSPS) is 12.3. The monoisotopic (exact) mass is 349 g/mol. The lowest BCUT2D eigenvalue weighted by molar-refractivity contribution is -0.0361. The summed E-state index contributed by atoms with van der Waals surface area (Å²) in [4.78, 5) is 22.5. The molecule has 0 atom stereocenters. The van der Waals surface area contributed by atoms with Crippen LogP contribution in [0.1, 0.15) is 41.5 Å². The van der Waals surface area contributed by atoms with E-state index in [4.69, 9.17) is 15.3 Å². The average Bonchev–Trinajstić information content (AvgIpc) is 2.40. The van der Waals surface area contributed by atoms with Gasteiger partial charge in [-0.2, -0.15) is 0 Å². The number of rotatable bonds is 2. The second-order valence-electron chi connectivity index (χ2n) is 7.71. The number of aromatic nitrogens is 1. The van der Waals surface area contributed by atoms with E-state index in [0.717, 1.165) is 5.06 Å². The van der Waals surface area contributed by atoms with Crippen LogP contribution in [0.25, 0.3) is 10.8 Å². The first-order valence-corrected chi connectivity index (χ1v) is 7.93. The molecular formula is C18H24FN3O3. The number of fused-ring (bicyclic) bond motifs is 1. The molecule has 25 heavy (non-hydrogen) atoms. The van der Waals surface area contributed by atoms with Crippen molar-refractivity contribution in [2.45, 2.75) is 52.7 Å². The number of ether oxygens (including phenoxy) is 1. The minimum Gasteiger partial charge on any atom is -0.442 e. The number of halogens is 1. The minimum atomic E-state index is -0.779. The van der Waals surface area contributed by atoms with Gasteiger partial charge in [0.15, 0.2) is 5.82 Å². The van der Waals surface area contributed by atoms with Crippen molar-refractivity contribution in [3.05, 3.63) is 30.2 Å². The van der Waals surface area contributed by atoms with Gasteiger partial charge in [-0.3, -0.25) is 4.84 Å². The zero-order valence-electron chi connectivity index (χ0n) is 15.4. The fraction of sp³-hybridized carbons (Fsp3) is 0.444. The molecule has 0 aliphatic heterocycles. The highest BCUT2D eigenvalue weighted by Gasteiger charge is 2.31. The summed E-state index contributed by atoms with van der Waals surface area (Å²) in [5, 5.41) is 1.53. The highest BCUT2D eigenvalue weighted by Crippen LogP contribution is 2.31. The van der Waals surface area contributed by atoms with E-state index in [1.165, 1.54) is 12.3 Å². The molecule has 0 aliphatic carbocycles. The van der Waals surface area contributed by atoms with Crippen molar-refractivity contribution in [3.8, 4) is 0 Å². The van der Waals surface area contributed by atoms with E-state index in [0.29, 0.717) is 5.39 Å². The molecule has 0 saturated heterocycles. The molecular weight excluding hydrogens is 325 g/mol. The molecule has 0 spiro atoms. The van der Waals surface area contributed by atoms with Gasteiger partial charge in [-0.05, 0) is 65.1 Å². The van der Waals surface area contributed by atoms with E-state index in [-0.39, 0.29) is 16.9 Å². The molecule has 0 aliphatic rings. The molecule has 6 nitrogen and oxygen atoms in total. The Morgan fingerprint density at radius 2 is 1.80 bits per heavy atom. The van der Waals surface area contributed by atoms with Crippen LogP contribution in [0, 0.1) is 5.82 Å². The number of benzene rings is 1. The molecule has 1 aromatic heterocycles. The summed E-state index contributed by atoms with van der Waals surface area (Å²) in [7, 11) is 0. The van der Waals surface area contributed by atoms with Crippen molar-refractivity contribution < 1.29 is 18.8 Å². The zero-order chi connectivity index (χ0) is 19.0. The maximum atomic E-state index is 14.5. The number of nitrogens with zero attached hydrogens (tertiary/aromatic N) is 2. The van der Waals surface area contributed by atoms with Gasteiger partial charge < -0.3 is 10.5 Å². The van der Waals surface area contributed by atoms with E-state index in [1.807, 2.05) is 0 Å². The van der Waals surface area contributed by atoms with Crippen molar-refractivity contribution in [2.24, 2.45) is 0 Å². The minimum absolute atomic E-state index is 0.0131. The summed E-state index contributed by atoms with van der Waals surface area (Å²) >= 11 is 0. The van der Waals surface area contributed by atoms with Gasteiger partial charge in [0.2, 0.25) is 0 Å². The summed E-state index contributed by atoms with van der Waals surface area (Å²) in [6.45, 7) is 10.5.